The average Bonchev–Trinajstić information content (AvgIpc) is 2.12. The van der Waals surface area contributed by atoms with Crippen LogP contribution >= 0.6 is 12.2 Å². The molecule has 0 aromatic heterocycles. The maximum Gasteiger partial charge on any atom is 0.235 e. The van der Waals surface area contributed by atoms with Crippen molar-refractivity contribution >= 4 is 23.1 Å². The molecule has 0 spiro atoms. The van der Waals surface area contributed by atoms with E-state index in [-0.39, 0.29) is 10.9 Å². The Labute approximate surface area is 98.0 Å². The Hall–Kier alpha value is -0.640. The van der Waals surface area contributed by atoms with Gasteiger partial charge in [-0.2, -0.15) is 0 Å². The summed E-state index contributed by atoms with van der Waals surface area (Å²) in [6, 6.07) is 0. The van der Waals surface area contributed by atoms with Crippen molar-refractivity contribution in [2.24, 2.45) is 17.1 Å². The number of rotatable bonds is 5. The van der Waals surface area contributed by atoms with Crippen LogP contribution in [0.3, 0.4) is 0 Å². The topological polar surface area (TPSA) is 46.3 Å². The summed E-state index contributed by atoms with van der Waals surface area (Å²) in [4.78, 5) is 14.2. The Morgan fingerprint density at radius 1 is 1.47 bits per heavy atom. The SMILES string of the molecule is CCN(CC(C)C)C(=O)C(C)(C)C(N)=S. The molecule has 0 rings (SSSR count). The van der Waals surface area contributed by atoms with Gasteiger partial charge in [0, 0.05) is 13.1 Å². The lowest BCUT2D eigenvalue weighted by molar-refractivity contribution is -0.137. The first-order valence-corrected chi connectivity index (χ1v) is 5.73. The molecule has 0 saturated carbocycles. The molecule has 88 valence electrons. The summed E-state index contributed by atoms with van der Waals surface area (Å²) < 4.78 is 0. The Balaban J connectivity index is 4.72. The van der Waals surface area contributed by atoms with Crippen molar-refractivity contribution in [1.29, 1.82) is 0 Å². The van der Waals surface area contributed by atoms with Crippen LogP contribution in [-0.4, -0.2) is 28.9 Å². The number of carbonyl (C=O) groups excluding carboxylic acids is 1. The number of nitrogens with two attached hydrogens (primary N) is 1. The van der Waals surface area contributed by atoms with Crippen molar-refractivity contribution in [3.63, 3.8) is 0 Å². The molecule has 0 heterocycles. The van der Waals surface area contributed by atoms with Crippen molar-refractivity contribution in [3.05, 3.63) is 0 Å². The van der Waals surface area contributed by atoms with Crippen molar-refractivity contribution < 1.29 is 4.79 Å². The van der Waals surface area contributed by atoms with E-state index in [4.69, 9.17) is 18.0 Å². The number of hydrogen-bond donors (Lipinski definition) is 1. The molecule has 0 aromatic carbocycles. The first-order chi connectivity index (χ1) is 6.73. The van der Waals surface area contributed by atoms with E-state index in [1.807, 2.05) is 11.8 Å². The minimum Gasteiger partial charge on any atom is -0.392 e. The van der Waals surface area contributed by atoms with Gasteiger partial charge in [0.25, 0.3) is 0 Å². The molecule has 0 radical (unpaired) electrons. The van der Waals surface area contributed by atoms with Crippen LogP contribution in [0.25, 0.3) is 0 Å². The Kier molecular flexibility index (Phi) is 5.21. The maximum absolute atomic E-state index is 12.1. The normalized spacial score (nSPS) is 11.6. The molecular formula is C11H22N2OS. The maximum atomic E-state index is 12.1. The van der Waals surface area contributed by atoms with Crippen LogP contribution in [0.15, 0.2) is 0 Å². The summed E-state index contributed by atoms with van der Waals surface area (Å²) in [5, 5.41) is 0. The molecule has 1 amide bonds. The Morgan fingerprint density at radius 3 is 2.20 bits per heavy atom. The molecule has 2 N–H and O–H groups in total. The highest BCUT2D eigenvalue weighted by molar-refractivity contribution is 7.80. The molecule has 0 aliphatic carbocycles. The Bertz CT molecular complexity index is 249. The zero-order valence-electron chi connectivity index (χ0n) is 10.3. The van der Waals surface area contributed by atoms with Crippen molar-refractivity contribution in [1.82, 2.24) is 4.90 Å². The van der Waals surface area contributed by atoms with Crippen LogP contribution in [0.5, 0.6) is 0 Å². The summed E-state index contributed by atoms with van der Waals surface area (Å²) >= 11 is 4.92. The lowest BCUT2D eigenvalue weighted by Crippen LogP contribution is -2.48. The summed E-state index contributed by atoms with van der Waals surface area (Å²) in [5.74, 6) is 0.474. The van der Waals surface area contributed by atoms with E-state index in [2.05, 4.69) is 13.8 Å². The van der Waals surface area contributed by atoms with E-state index in [0.717, 1.165) is 6.54 Å². The smallest absolute Gasteiger partial charge is 0.235 e. The van der Waals surface area contributed by atoms with Gasteiger partial charge in [-0.3, -0.25) is 4.79 Å². The summed E-state index contributed by atoms with van der Waals surface area (Å²) in [6.45, 7) is 11.1. The Morgan fingerprint density at radius 2 is 1.93 bits per heavy atom. The van der Waals surface area contributed by atoms with Gasteiger partial charge >= 0.3 is 0 Å². The molecule has 0 aromatic rings. The van der Waals surface area contributed by atoms with Crippen molar-refractivity contribution in [3.8, 4) is 0 Å². The van der Waals surface area contributed by atoms with Gasteiger partial charge in [0.1, 0.15) is 0 Å². The molecule has 0 aliphatic heterocycles. The highest BCUT2D eigenvalue weighted by Crippen LogP contribution is 2.20. The van der Waals surface area contributed by atoms with E-state index in [0.29, 0.717) is 12.5 Å². The van der Waals surface area contributed by atoms with Crippen LogP contribution < -0.4 is 5.73 Å². The minimum atomic E-state index is -0.736. The number of carbonyl (C=O) groups is 1. The predicted octanol–water partition coefficient (Wildman–Crippen LogP) is 1.80. The largest absolute Gasteiger partial charge is 0.392 e. The fourth-order valence-electron chi connectivity index (χ4n) is 1.30. The number of nitrogens with zero attached hydrogens (tertiary/aromatic N) is 1. The van der Waals surface area contributed by atoms with Gasteiger partial charge in [0.2, 0.25) is 5.91 Å². The zero-order chi connectivity index (χ0) is 12.2. The second-order valence-electron chi connectivity index (χ2n) is 4.73. The highest BCUT2D eigenvalue weighted by Gasteiger charge is 2.34. The fraction of sp³-hybridized carbons (Fsp3) is 0.818. The standard InChI is InChI=1S/C11H22N2OS/c1-6-13(7-8(2)3)10(14)11(4,5)9(12)15/h8H,6-7H2,1-5H3,(H2,12,15). The molecule has 15 heavy (non-hydrogen) atoms. The monoisotopic (exact) mass is 230 g/mol. The van der Waals surface area contributed by atoms with E-state index < -0.39 is 5.41 Å². The van der Waals surface area contributed by atoms with Crippen LogP contribution in [0.4, 0.5) is 0 Å². The molecular weight excluding hydrogens is 208 g/mol. The average molecular weight is 230 g/mol. The quantitative estimate of drug-likeness (QED) is 0.733. The molecule has 0 unspecified atom stereocenters. The fourth-order valence-corrected chi connectivity index (χ4v) is 1.38. The van der Waals surface area contributed by atoms with Gasteiger partial charge in [0.15, 0.2) is 0 Å². The van der Waals surface area contributed by atoms with E-state index in [9.17, 15) is 4.79 Å². The summed E-state index contributed by atoms with van der Waals surface area (Å²) in [6.07, 6.45) is 0. The molecule has 0 bridgehead atoms. The minimum absolute atomic E-state index is 0.0196. The van der Waals surface area contributed by atoms with Gasteiger partial charge in [-0.15, -0.1) is 0 Å². The molecule has 0 saturated heterocycles. The second-order valence-corrected chi connectivity index (χ2v) is 5.17. The molecule has 0 atom stereocenters. The van der Waals surface area contributed by atoms with Crippen LogP contribution in [0.1, 0.15) is 34.6 Å². The lowest BCUT2D eigenvalue weighted by Gasteiger charge is -2.31. The molecule has 0 fully saturated rings. The van der Waals surface area contributed by atoms with Gasteiger partial charge in [-0.25, -0.2) is 0 Å². The van der Waals surface area contributed by atoms with E-state index >= 15 is 0 Å². The van der Waals surface area contributed by atoms with Crippen molar-refractivity contribution in [2.45, 2.75) is 34.6 Å². The first-order valence-electron chi connectivity index (χ1n) is 5.32. The third-order valence-corrected chi connectivity index (χ3v) is 2.92. The van der Waals surface area contributed by atoms with Crippen LogP contribution in [-0.2, 0) is 4.79 Å². The van der Waals surface area contributed by atoms with Crippen molar-refractivity contribution in [2.75, 3.05) is 13.1 Å². The lowest BCUT2D eigenvalue weighted by atomic mass is 9.91. The summed E-state index contributed by atoms with van der Waals surface area (Å²) in [7, 11) is 0. The highest BCUT2D eigenvalue weighted by atomic mass is 32.1. The van der Waals surface area contributed by atoms with Crippen LogP contribution in [0.2, 0.25) is 0 Å². The van der Waals surface area contributed by atoms with Crippen LogP contribution in [0, 0.1) is 11.3 Å². The van der Waals surface area contributed by atoms with Gasteiger partial charge in [-0.05, 0) is 26.7 Å². The van der Waals surface area contributed by atoms with Gasteiger partial charge in [0.05, 0.1) is 10.4 Å². The number of thiocarbonyl (C=S) groups is 1. The van der Waals surface area contributed by atoms with E-state index in [1.54, 1.807) is 13.8 Å². The zero-order valence-corrected chi connectivity index (χ0v) is 11.1. The molecule has 0 aliphatic rings. The third-order valence-electron chi connectivity index (χ3n) is 2.41. The second kappa shape index (κ2) is 5.45. The molecule has 3 nitrogen and oxygen atoms in total. The van der Waals surface area contributed by atoms with E-state index in [1.165, 1.54) is 0 Å². The first kappa shape index (κ1) is 14.4. The predicted molar refractivity (Wildman–Crippen MR) is 67.7 cm³/mol. The number of amides is 1. The number of hydrogen-bond acceptors (Lipinski definition) is 2. The van der Waals surface area contributed by atoms with Gasteiger partial charge < -0.3 is 10.6 Å². The molecule has 4 heteroatoms. The third kappa shape index (κ3) is 3.78. The summed E-state index contributed by atoms with van der Waals surface area (Å²) in [5.41, 5.74) is 4.84. The van der Waals surface area contributed by atoms with Gasteiger partial charge in [-0.1, -0.05) is 26.1 Å².